The van der Waals surface area contributed by atoms with Gasteiger partial charge in [-0.15, -0.1) is 11.3 Å². The monoisotopic (exact) mass is 475 g/mol. The summed E-state index contributed by atoms with van der Waals surface area (Å²) >= 11 is 4.35. The Hall–Kier alpha value is -2.37. The number of rotatable bonds is 1. The zero-order valence-corrected chi connectivity index (χ0v) is 17.3. The average Bonchev–Trinajstić information content (AvgIpc) is 3.24. The molecule has 6 rings (SSSR count). The Balaban J connectivity index is 1.74. The minimum absolute atomic E-state index is 1.26. The van der Waals surface area contributed by atoms with Gasteiger partial charge in [0.05, 0.1) is 38.6 Å². The van der Waals surface area contributed by atoms with E-state index < -0.39 is 0 Å². The third-order valence-electron chi connectivity index (χ3n) is 5.32. The Morgan fingerprint density at radius 2 is 1.41 bits per heavy atom. The smallest absolute Gasteiger partial charge is 0.0768 e. The molecule has 2 heterocycles. The number of hydrogen-bond donors (Lipinski definition) is 0. The van der Waals surface area contributed by atoms with E-state index in [2.05, 4.69) is 111 Å². The number of nitrogens with zero attached hydrogens (tertiary/aromatic N) is 1. The highest BCUT2D eigenvalue weighted by Crippen LogP contribution is 2.43. The van der Waals surface area contributed by atoms with Crippen molar-refractivity contribution in [1.29, 1.82) is 0 Å². The van der Waals surface area contributed by atoms with Crippen LogP contribution in [0.3, 0.4) is 0 Å². The minimum Gasteiger partial charge on any atom is -0.280 e. The normalized spacial score (nSPS) is 11.9. The Kier molecular flexibility index (Phi) is 3.37. The first kappa shape index (κ1) is 15.7. The maximum atomic E-state index is 2.45. The third-order valence-corrected chi connectivity index (χ3v) is 7.52. The highest BCUT2D eigenvalue weighted by atomic mass is 127. The summed E-state index contributed by atoms with van der Waals surface area (Å²) in [4.78, 5) is 0. The van der Waals surface area contributed by atoms with Crippen molar-refractivity contribution >= 4 is 76.2 Å². The van der Waals surface area contributed by atoms with E-state index in [0.29, 0.717) is 0 Å². The summed E-state index contributed by atoms with van der Waals surface area (Å²) in [5, 5.41) is 5.36. The van der Waals surface area contributed by atoms with Crippen LogP contribution in [0.5, 0.6) is 0 Å². The van der Waals surface area contributed by atoms with Gasteiger partial charge in [-0.2, -0.15) is 0 Å². The second-order valence-electron chi connectivity index (χ2n) is 6.82. The Bertz CT molecular complexity index is 1470. The molecule has 0 aliphatic rings. The van der Waals surface area contributed by atoms with Gasteiger partial charge in [0, 0.05) is 26.2 Å². The number of aromatic nitrogens is 1. The average molecular weight is 475 g/mol. The first-order valence-electron chi connectivity index (χ1n) is 8.91. The summed E-state index contributed by atoms with van der Waals surface area (Å²) in [5.41, 5.74) is 5.13. The Labute approximate surface area is 174 Å². The fraction of sp³-hybridized carbons (Fsp3) is 0. The van der Waals surface area contributed by atoms with Gasteiger partial charge >= 0.3 is 0 Å². The molecule has 0 bridgehead atoms. The quantitative estimate of drug-likeness (QED) is 0.212. The predicted octanol–water partition coefficient (Wildman–Crippen LogP) is 8.03. The molecule has 0 saturated heterocycles. The Morgan fingerprint density at radius 1 is 0.630 bits per heavy atom. The van der Waals surface area contributed by atoms with Crippen LogP contribution in [0.25, 0.3) is 53.1 Å². The summed E-state index contributed by atoms with van der Waals surface area (Å²) in [6, 6.07) is 30.7. The van der Waals surface area contributed by atoms with Crippen LogP contribution in [-0.4, -0.2) is 2.78 Å². The lowest BCUT2D eigenvalue weighted by molar-refractivity contribution is 1.51. The molecule has 0 radical (unpaired) electrons. The largest absolute Gasteiger partial charge is 0.280 e. The first-order chi connectivity index (χ1) is 13.3. The van der Waals surface area contributed by atoms with Crippen LogP contribution in [0.4, 0.5) is 0 Å². The van der Waals surface area contributed by atoms with Crippen molar-refractivity contribution in [1.82, 2.24) is 2.78 Å². The van der Waals surface area contributed by atoms with Crippen molar-refractivity contribution < 1.29 is 0 Å². The molecular weight excluding hydrogens is 461 g/mol. The summed E-state index contributed by atoms with van der Waals surface area (Å²) in [6.07, 6.45) is 0. The molecule has 0 atom stereocenters. The predicted molar refractivity (Wildman–Crippen MR) is 127 cm³/mol. The molecule has 0 aliphatic carbocycles. The fourth-order valence-corrected chi connectivity index (χ4v) is 6.37. The van der Waals surface area contributed by atoms with Crippen molar-refractivity contribution in [2.45, 2.75) is 0 Å². The van der Waals surface area contributed by atoms with Gasteiger partial charge in [0.1, 0.15) is 0 Å². The number of fused-ring (bicyclic) bond motifs is 7. The molecule has 27 heavy (non-hydrogen) atoms. The molecule has 0 N–H and O–H groups in total. The van der Waals surface area contributed by atoms with E-state index in [-0.39, 0.29) is 0 Å². The van der Waals surface area contributed by atoms with Crippen molar-refractivity contribution in [2.75, 3.05) is 0 Å². The van der Waals surface area contributed by atoms with Gasteiger partial charge < -0.3 is 0 Å². The van der Waals surface area contributed by atoms with E-state index in [1.54, 1.807) is 0 Å². The standard InChI is InChI=1S/C24H14INS/c25-26-21-13-10-16(15-6-2-1-3-7-15)14-20(21)18-11-12-19-17-8-4-5-9-22(17)27-24(19)23(18)26/h1-14H. The highest BCUT2D eigenvalue weighted by Gasteiger charge is 2.16. The maximum Gasteiger partial charge on any atom is 0.0768 e. The zero-order valence-electron chi connectivity index (χ0n) is 14.3. The van der Waals surface area contributed by atoms with Crippen LogP contribution in [-0.2, 0) is 0 Å². The summed E-state index contributed by atoms with van der Waals surface area (Å²) in [6.45, 7) is 0. The van der Waals surface area contributed by atoms with Crippen molar-refractivity contribution in [3.8, 4) is 11.1 Å². The third kappa shape index (κ3) is 2.22. The highest BCUT2D eigenvalue weighted by molar-refractivity contribution is 14.1. The van der Waals surface area contributed by atoms with Crippen LogP contribution in [0.15, 0.2) is 84.9 Å². The summed E-state index contributed by atoms with van der Waals surface area (Å²) in [5.74, 6) is 0. The molecular formula is C24H14INS. The molecule has 6 aromatic rings. The summed E-state index contributed by atoms with van der Waals surface area (Å²) < 4.78 is 5.06. The van der Waals surface area contributed by atoms with Crippen molar-refractivity contribution in [3.63, 3.8) is 0 Å². The first-order valence-corrected chi connectivity index (χ1v) is 10.7. The van der Waals surface area contributed by atoms with Crippen LogP contribution < -0.4 is 0 Å². The molecule has 0 unspecified atom stereocenters. The number of thiophene rings is 1. The van der Waals surface area contributed by atoms with Gasteiger partial charge in [0.25, 0.3) is 0 Å². The van der Waals surface area contributed by atoms with Crippen LogP contribution in [0, 0.1) is 0 Å². The van der Waals surface area contributed by atoms with E-state index in [1.165, 1.54) is 53.1 Å². The number of hydrogen-bond acceptors (Lipinski definition) is 1. The number of benzene rings is 4. The van der Waals surface area contributed by atoms with Crippen molar-refractivity contribution in [2.24, 2.45) is 0 Å². The van der Waals surface area contributed by atoms with Gasteiger partial charge in [-0.25, -0.2) is 0 Å². The van der Waals surface area contributed by atoms with Gasteiger partial charge in [-0.3, -0.25) is 2.78 Å². The molecule has 1 nitrogen and oxygen atoms in total. The lowest BCUT2D eigenvalue weighted by Gasteiger charge is -2.02. The van der Waals surface area contributed by atoms with Gasteiger partial charge in [-0.05, 0) is 29.3 Å². The van der Waals surface area contributed by atoms with Crippen molar-refractivity contribution in [3.05, 3.63) is 84.9 Å². The summed E-state index contributed by atoms with van der Waals surface area (Å²) in [7, 11) is 0. The molecule has 4 aromatic carbocycles. The van der Waals surface area contributed by atoms with Gasteiger partial charge in [-0.1, -0.05) is 66.7 Å². The molecule has 128 valence electrons. The lowest BCUT2D eigenvalue weighted by Crippen LogP contribution is -1.79. The molecule has 0 spiro atoms. The molecule has 0 aliphatic heterocycles. The Morgan fingerprint density at radius 3 is 2.30 bits per heavy atom. The zero-order chi connectivity index (χ0) is 18.0. The van der Waals surface area contributed by atoms with E-state index >= 15 is 0 Å². The van der Waals surface area contributed by atoms with Crippen LogP contribution in [0.2, 0.25) is 0 Å². The second kappa shape index (κ2) is 5.81. The molecule has 0 amide bonds. The second-order valence-corrected chi connectivity index (χ2v) is 8.83. The lowest BCUT2D eigenvalue weighted by atomic mass is 10.0. The fourth-order valence-electron chi connectivity index (χ4n) is 4.04. The molecule has 0 fully saturated rings. The van der Waals surface area contributed by atoms with Gasteiger partial charge in [0.2, 0.25) is 0 Å². The van der Waals surface area contributed by atoms with Gasteiger partial charge in [0.15, 0.2) is 0 Å². The number of halogens is 1. The van der Waals surface area contributed by atoms with Crippen LogP contribution >= 0.6 is 34.2 Å². The molecule has 3 heteroatoms. The van der Waals surface area contributed by atoms with E-state index in [9.17, 15) is 0 Å². The van der Waals surface area contributed by atoms with E-state index in [0.717, 1.165) is 0 Å². The topological polar surface area (TPSA) is 4.93 Å². The molecule has 0 saturated carbocycles. The van der Waals surface area contributed by atoms with Crippen LogP contribution in [0.1, 0.15) is 0 Å². The SMILES string of the molecule is In1c2ccc(-c3ccccc3)cc2c2ccc3c4ccccc4sc3c21. The minimum atomic E-state index is 1.26. The maximum absolute atomic E-state index is 2.45. The molecule has 2 aromatic heterocycles. The van der Waals surface area contributed by atoms with E-state index in [1.807, 2.05) is 11.3 Å². The van der Waals surface area contributed by atoms with E-state index in [4.69, 9.17) is 0 Å².